The van der Waals surface area contributed by atoms with Gasteiger partial charge in [0, 0.05) is 12.3 Å². The predicted molar refractivity (Wildman–Crippen MR) is 94.9 cm³/mol. The summed E-state index contributed by atoms with van der Waals surface area (Å²) in [4.78, 5) is 24.4. The molecule has 0 bridgehead atoms. The summed E-state index contributed by atoms with van der Waals surface area (Å²) in [6.45, 7) is 0. The Kier molecular flexibility index (Phi) is 5.24. The number of halogens is 2. The molecule has 1 heterocycles. The Hall–Kier alpha value is -2.75. The van der Waals surface area contributed by atoms with Gasteiger partial charge in [-0.25, -0.2) is 13.6 Å². The largest absolute Gasteiger partial charge is 0.465 e. The van der Waals surface area contributed by atoms with Crippen molar-refractivity contribution < 1.29 is 30.9 Å². The van der Waals surface area contributed by atoms with Crippen LogP contribution in [0.5, 0.6) is 5.75 Å². The fraction of sp³-hybridized carbons (Fsp3) is 0.333. The lowest BCUT2D eigenvalue weighted by atomic mass is 10.2. The number of hydrogen-bond donors (Lipinski definition) is 0. The molecule has 2 aromatic rings. The molecule has 28 heavy (non-hydrogen) atoms. The van der Waals surface area contributed by atoms with Gasteiger partial charge in [-0.1, -0.05) is 30.3 Å². The summed E-state index contributed by atoms with van der Waals surface area (Å²) in [5.41, 5.74) is -2.58. The number of hydrogen-bond acceptors (Lipinski definition) is 6. The van der Waals surface area contributed by atoms with Crippen molar-refractivity contribution in [1.82, 2.24) is 4.57 Å². The van der Waals surface area contributed by atoms with Gasteiger partial charge in [0.05, 0.1) is 7.11 Å². The molecule has 1 fully saturated rings. The van der Waals surface area contributed by atoms with Crippen molar-refractivity contribution in [3.8, 4) is 5.75 Å². The Morgan fingerprint density at radius 3 is 2.43 bits per heavy atom. The van der Waals surface area contributed by atoms with Crippen LogP contribution < -0.4 is 9.74 Å². The highest BCUT2D eigenvalue weighted by molar-refractivity contribution is 7.86. The number of carbonyl (C=O) groups is 1. The third kappa shape index (κ3) is 3.91. The molecule has 7 nitrogen and oxygen atoms in total. The van der Waals surface area contributed by atoms with Crippen LogP contribution >= 0.6 is 0 Å². The third-order valence-electron chi connectivity index (χ3n) is 4.47. The lowest BCUT2D eigenvalue weighted by Gasteiger charge is -2.19. The van der Waals surface area contributed by atoms with Gasteiger partial charge in [0.25, 0.3) is 12.0 Å². The van der Waals surface area contributed by atoms with Gasteiger partial charge in [-0.3, -0.25) is 4.79 Å². The summed E-state index contributed by atoms with van der Waals surface area (Å²) in [5.74, 6) is -2.07. The fourth-order valence-corrected chi connectivity index (χ4v) is 3.90. The maximum Gasteiger partial charge on any atom is 0.343 e. The van der Waals surface area contributed by atoms with Crippen molar-refractivity contribution in [1.29, 1.82) is 0 Å². The summed E-state index contributed by atoms with van der Waals surface area (Å²) in [7, 11) is -3.18. The number of esters is 1. The molecule has 3 rings (SSSR count). The molecule has 1 aliphatic carbocycles. The van der Waals surface area contributed by atoms with E-state index >= 15 is 0 Å². The number of alkyl halides is 2. The second kappa shape index (κ2) is 7.34. The Bertz CT molecular complexity index is 1050. The van der Waals surface area contributed by atoms with Crippen LogP contribution in [-0.4, -0.2) is 32.5 Å². The zero-order valence-corrected chi connectivity index (χ0v) is 15.6. The number of carbonyl (C=O) groups excluding carboxylic acids is 1. The highest BCUT2D eigenvalue weighted by Gasteiger charge is 2.53. The summed E-state index contributed by atoms with van der Waals surface area (Å²) >= 11 is 0. The first-order valence-corrected chi connectivity index (χ1v) is 9.86. The van der Waals surface area contributed by atoms with Gasteiger partial charge in [-0.2, -0.15) is 8.42 Å². The minimum atomic E-state index is -4.22. The van der Waals surface area contributed by atoms with Crippen molar-refractivity contribution in [2.24, 2.45) is 0 Å². The number of methoxy groups -OCH3 is 1. The number of aromatic nitrogens is 1. The summed E-state index contributed by atoms with van der Waals surface area (Å²) < 4.78 is 61.7. The highest BCUT2D eigenvalue weighted by atomic mass is 32.2. The van der Waals surface area contributed by atoms with E-state index in [0.717, 1.165) is 23.9 Å². The van der Waals surface area contributed by atoms with E-state index in [9.17, 15) is 26.8 Å². The van der Waals surface area contributed by atoms with Crippen LogP contribution in [0.15, 0.2) is 47.4 Å². The van der Waals surface area contributed by atoms with Crippen molar-refractivity contribution in [3.63, 3.8) is 0 Å². The van der Waals surface area contributed by atoms with E-state index in [2.05, 4.69) is 4.74 Å². The standard InChI is InChI=1S/C18H17F2NO6S/c1-26-16(23)13-10-21(18(7-8-18)17(19)20)15(22)9-14(13)27-28(24,25)11-12-5-3-2-4-6-12/h2-6,9-10,17H,7-8,11H2,1H3. The van der Waals surface area contributed by atoms with Gasteiger partial charge in [-0.15, -0.1) is 0 Å². The first-order valence-electron chi connectivity index (χ1n) is 8.28. The van der Waals surface area contributed by atoms with Crippen LogP contribution in [-0.2, 0) is 26.1 Å². The molecule has 1 aromatic heterocycles. The first-order chi connectivity index (χ1) is 13.2. The van der Waals surface area contributed by atoms with Crippen molar-refractivity contribution in [2.75, 3.05) is 7.11 Å². The van der Waals surface area contributed by atoms with Crippen LogP contribution in [0.3, 0.4) is 0 Å². The average molecular weight is 413 g/mol. The monoisotopic (exact) mass is 413 g/mol. The second-order valence-electron chi connectivity index (χ2n) is 6.43. The van der Waals surface area contributed by atoms with Crippen LogP contribution in [0.25, 0.3) is 0 Å². The zero-order valence-electron chi connectivity index (χ0n) is 14.8. The van der Waals surface area contributed by atoms with E-state index in [0.29, 0.717) is 5.56 Å². The summed E-state index contributed by atoms with van der Waals surface area (Å²) in [6, 6.07) is 8.86. The van der Waals surface area contributed by atoms with Crippen LogP contribution in [0.2, 0.25) is 0 Å². The smallest absolute Gasteiger partial charge is 0.343 e. The molecular weight excluding hydrogens is 396 g/mol. The lowest BCUT2D eigenvalue weighted by molar-refractivity contribution is 0.0576. The topological polar surface area (TPSA) is 91.7 Å². The first kappa shape index (κ1) is 20.0. The zero-order chi connectivity index (χ0) is 20.5. The van der Waals surface area contributed by atoms with Gasteiger partial charge >= 0.3 is 16.1 Å². The molecule has 0 spiro atoms. The molecule has 0 aliphatic heterocycles. The Balaban J connectivity index is 2.00. The maximum atomic E-state index is 13.4. The molecule has 0 N–H and O–H groups in total. The second-order valence-corrected chi connectivity index (χ2v) is 8.00. The summed E-state index contributed by atoms with van der Waals surface area (Å²) in [5, 5.41) is 0. The molecule has 1 aromatic carbocycles. The van der Waals surface area contributed by atoms with E-state index in [-0.39, 0.29) is 12.8 Å². The van der Waals surface area contributed by atoms with Gasteiger partial charge in [0.1, 0.15) is 16.9 Å². The van der Waals surface area contributed by atoms with Crippen LogP contribution in [0, 0.1) is 0 Å². The van der Waals surface area contributed by atoms with Gasteiger partial charge in [-0.05, 0) is 18.4 Å². The predicted octanol–water partition coefficient (Wildman–Crippen LogP) is 2.30. The molecule has 0 saturated heterocycles. The molecule has 10 heteroatoms. The Morgan fingerprint density at radius 2 is 1.89 bits per heavy atom. The van der Waals surface area contributed by atoms with E-state index in [1.54, 1.807) is 30.3 Å². The molecule has 0 radical (unpaired) electrons. The average Bonchev–Trinajstić information content (AvgIpc) is 3.43. The van der Waals surface area contributed by atoms with E-state index in [1.165, 1.54) is 0 Å². The van der Waals surface area contributed by atoms with Crippen molar-refractivity contribution in [3.05, 3.63) is 64.1 Å². The molecule has 1 saturated carbocycles. The van der Waals surface area contributed by atoms with Gasteiger partial charge in [0.2, 0.25) is 0 Å². The van der Waals surface area contributed by atoms with E-state index in [1.807, 2.05) is 0 Å². The minimum absolute atomic E-state index is 0.0672. The molecule has 150 valence electrons. The molecule has 0 atom stereocenters. The van der Waals surface area contributed by atoms with Crippen LogP contribution in [0.4, 0.5) is 8.78 Å². The fourth-order valence-electron chi connectivity index (χ4n) is 2.83. The third-order valence-corrected chi connectivity index (χ3v) is 5.59. The van der Waals surface area contributed by atoms with E-state index in [4.69, 9.17) is 4.18 Å². The number of pyridine rings is 1. The summed E-state index contributed by atoms with van der Waals surface area (Å²) in [6.07, 6.45) is -1.81. The quantitative estimate of drug-likeness (QED) is 0.511. The lowest BCUT2D eigenvalue weighted by Crippen LogP contribution is -2.36. The number of nitrogens with zero attached hydrogens (tertiary/aromatic N) is 1. The number of rotatable bonds is 7. The molecule has 1 aliphatic rings. The van der Waals surface area contributed by atoms with E-state index < -0.39 is 50.7 Å². The maximum absolute atomic E-state index is 13.4. The Morgan fingerprint density at radius 1 is 1.25 bits per heavy atom. The van der Waals surface area contributed by atoms with Gasteiger partial charge in [0.15, 0.2) is 5.75 Å². The molecule has 0 unspecified atom stereocenters. The van der Waals surface area contributed by atoms with Crippen molar-refractivity contribution in [2.45, 2.75) is 30.6 Å². The highest BCUT2D eigenvalue weighted by Crippen LogP contribution is 2.48. The molecule has 0 amide bonds. The van der Waals surface area contributed by atoms with Crippen LogP contribution in [0.1, 0.15) is 28.8 Å². The Labute approximate surface area is 159 Å². The normalized spacial score (nSPS) is 15.3. The molecular formula is C18H17F2NO6S. The SMILES string of the molecule is COC(=O)c1cn(C2(C(F)F)CC2)c(=O)cc1OS(=O)(=O)Cc1ccccc1. The van der Waals surface area contributed by atoms with Gasteiger partial charge < -0.3 is 13.5 Å². The van der Waals surface area contributed by atoms with Crippen molar-refractivity contribution >= 4 is 16.1 Å². The number of benzene rings is 1. The number of ether oxygens (including phenoxy) is 1. The minimum Gasteiger partial charge on any atom is -0.465 e.